The number of nitrogens with two attached hydrogens (primary N) is 1. The number of aromatic amines is 1. The third-order valence-electron chi connectivity index (χ3n) is 6.72. The van der Waals surface area contributed by atoms with Crippen molar-refractivity contribution >= 4 is 22.9 Å². The van der Waals surface area contributed by atoms with Crippen LogP contribution in [0.25, 0.3) is 22.2 Å². The molecule has 2 aromatic heterocycles. The molecule has 180 valence electrons. The van der Waals surface area contributed by atoms with Crippen molar-refractivity contribution < 1.29 is 14.3 Å². The first kappa shape index (κ1) is 23.7. The second kappa shape index (κ2) is 9.83. The number of H-pyrrole nitrogens is 1. The van der Waals surface area contributed by atoms with Crippen molar-refractivity contribution in [3.8, 4) is 11.3 Å². The molecule has 0 radical (unpaired) electrons. The predicted octanol–water partition coefficient (Wildman–Crippen LogP) is 4.67. The first-order valence-corrected chi connectivity index (χ1v) is 11.9. The zero-order chi connectivity index (χ0) is 24.3. The number of hydrogen-bond donors (Lipinski definition) is 3. The number of primary amides is 1. The Morgan fingerprint density at radius 1 is 1.21 bits per heavy atom. The zero-order valence-corrected chi connectivity index (χ0v) is 20.0. The summed E-state index contributed by atoms with van der Waals surface area (Å²) in [7, 11) is 0. The average Bonchev–Trinajstić information content (AvgIpc) is 3.35. The average molecular weight is 464 g/mol. The molecule has 2 amide bonds. The van der Waals surface area contributed by atoms with Gasteiger partial charge in [-0.25, -0.2) is 9.78 Å². The number of hydrogen-bond acceptors (Lipinski definition) is 5. The van der Waals surface area contributed by atoms with E-state index < -0.39 is 6.09 Å². The Balaban J connectivity index is 1.42. The number of pyridine rings is 1. The van der Waals surface area contributed by atoms with Crippen LogP contribution in [0.3, 0.4) is 0 Å². The van der Waals surface area contributed by atoms with E-state index >= 15 is 0 Å². The van der Waals surface area contributed by atoms with Crippen LogP contribution in [0.2, 0.25) is 0 Å². The monoisotopic (exact) mass is 463 g/mol. The van der Waals surface area contributed by atoms with Gasteiger partial charge in [0.25, 0.3) is 5.91 Å². The SMILES string of the molecule is CC(C)(C)C(OC(N)=O)C1CCC(CNC(=O)c2cc(-c3cn[nH]c3)nc3ccccc23)CC1. The number of amides is 2. The van der Waals surface area contributed by atoms with Crippen LogP contribution in [0.1, 0.15) is 56.8 Å². The number of para-hydroxylation sites is 1. The van der Waals surface area contributed by atoms with Crippen molar-refractivity contribution in [2.75, 3.05) is 6.54 Å². The molecular formula is C26H33N5O3. The molecule has 8 nitrogen and oxygen atoms in total. The molecule has 1 aliphatic carbocycles. The van der Waals surface area contributed by atoms with Crippen LogP contribution in [0, 0.1) is 17.3 Å². The lowest BCUT2D eigenvalue weighted by Gasteiger charge is -2.39. The summed E-state index contributed by atoms with van der Waals surface area (Å²) >= 11 is 0. The van der Waals surface area contributed by atoms with E-state index in [1.54, 1.807) is 12.4 Å². The predicted molar refractivity (Wildman–Crippen MR) is 131 cm³/mol. The maximum atomic E-state index is 13.2. The fourth-order valence-corrected chi connectivity index (χ4v) is 5.03. The maximum Gasteiger partial charge on any atom is 0.404 e. The number of fused-ring (bicyclic) bond motifs is 1. The fourth-order valence-electron chi connectivity index (χ4n) is 5.03. The van der Waals surface area contributed by atoms with E-state index in [0.717, 1.165) is 42.1 Å². The van der Waals surface area contributed by atoms with Crippen LogP contribution >= 0.6 is 0 Å². The number of ether oxygens (including phenoxy) is 1. The lowest BCUT2D eigenvalue weighted by Crippen LogP contribution is -2.42. The molecule has 4 N–H and O–H groups in total. The van der Waals surface area contributed by atoms with Gasteiger partial charge in [0.15, 0.2) is 0 Å². The van der Waals surface area contributed by atoms with E-state index in [4.69, 9.17) is 15.5 Å². The molecule has 8 heteroatoms. The first-order chi connectivity index (χ1) is 16.2. The highest BCUT2D eigenvalue weighted by Crippen LogP contribution is 2.38. The van der Waals surface area contributed by atoms with E-state index in [0.29, 0.717) is 23.7 Å². The lowest BCUT2D eigenvalue weighted by molar-refractivity contribution is -0.0192. The Kier molecular flexibility index (Phi) is 6.86. The van der Waals surface area contributed by atoms with Crippen molar-refractivity contribution in [3.63, 3.8) is 0 Å². The molecule has 34 heavy (non-hydrogen) atoms. The highest BCUT2D eigenvalue weighted by atomic mass is 16.6. The highest BCUT2D eigenvalue weighted by molar-refractivity contribution is 6.07. The van der Waals surface area contributed by atoms with Gasteiger partial charge in [-0.2, -0.15) is 5.10 Å². The molecule has 3 aromatic rings. The van der Waals surface area contributed by atoms with E-state index in [1.165, 1.54) is 0 Å². The van der Waals surface area contributed by atoms with Crippen molar-refractivity contribution in [1.29, 1.82) is 0 Å². The largest absolute Gasteiger partial charge is 0.446 e. The molecule has 1 aliphatic rings. The Morgan fingerprint density at radius 2 is 1.94 bits per heavy atom. The molecule has 0 spiro atoms. The van der Waals surface area contributed by atoms with Crippen LogP contribution in [0.15, 0.2) is 42.7 Å². The van der Waals surface area contributed by atoms with Crippen molar-refractivity contribution in [1.82, 2.24) is 20.5 Å². The molecule has 1 saturated carbocycles. The maximum absolute atomic E-state index is 13.2. The van der Waals surface area contributed by atoms with Gasteiger partial charge >= 0.3 is 6.09 Å². The molecule has 4 rings (SSSR count). The van der Waals surface area contributed by atoms with Crippen LogP contribution in [0.5, 0.6) is 0 Å². The molecule has 1 unspecified atom stereocenters. The van der Waals surface area contributed by atoms with Gasteiger partial charge in [-0.1, -0.05) is 39.0 Å². The summed E-state index contributed by atoms with van der Waals surface area (Å²) in [5.41, 5.74) is 8.08. The molecular weight excluding hydrogens is 430 g/mol. The van der Waals surface area contributed by atoms with Gasteiger partial charge in [0.1, 0.15) is 6.10 Å². The molecule has 2 heterocycles. The smallest absolute Gasteiger partial charge is 0.404 e. The number of aromatic nitrogens is 3. The van der Waals surface area contributed by atoms with E-state index in [-0.39, 0.29) is 23.3 Å². The number of nitrogens with zero attached hydrogens (tertiary/aromatic N) is 2. The Labute approximate surface area is 199 Å². The normalized spacial score (nSPS) is 19.5. The topological polar surface area (TPSA) is 123 Å². The summed E-state index contributed by atoms with van der Waals surface area (Å²) in [6, 6.07) is 9.50. The summed E-state index contributed by atoms with van der Waals surface area (Å²) in [6.07, 6.45) is 6.37. The standard InChI is InChI=1S/C26H33N5O3/c1-26(2,3)23(34-25(27)33)17-10-8-16(9-11-17)13-28-24(32)20-12-22(18-14-29-30-15-18)31-21-7-5-4-6-19(20)21/h4-7,12,14-17,23H,8-11,13H2,1-3H3,(H2,27,33)(H,28,32)(H,29,30). The minimum atomic E-state index is -0.714. The quantitative estimate of drug-likeness (QED) is 0.490. The van der Waals surface area contributed by atoms with Gasteiger partial charge in [0, 0.05) is 23.7 Å². The van der Waals surface area contributed by atoms with Crippen molar-refractivity contribution in [3.05, 3.63) is 48.3 Å². The van der Waals surface area contributed by atoms with Gasteiger partial charge in [0.2, 0.25) is 0 Å². The molecule has 0 bridgehead atoms. The van der Waals surface area contributed by atoms with Gasteiger partial charge in [-0.05, 0) is 55.1 Å². The van der Waals surface area contributed by atoms with Crippen LogP contribution < -0.4 is 11.1 Å². The third kappa shape index (κ3) is 5.38. The van der Waals surface area contributed by atoms with Gasteiger partial charge in [-0.15, -0.1) is 0 Å². The summed E-state index contributed by atoms with van der Waals surface area (Å²) in [4.78, 5) is 29.3. The summed E-state index contributed by atoms with van der Waals surface area (Å²) in [6.45, 7) is 6.83. The number of benzene rings is 1. The minimum Gasteiger partial charge on any atom is -0.446 e. The van der Waals surface area contributed by atoms with Crippen LogP contribution in [0.4, 0.5) is 4.79 Å². The molecule has 1 atom stereocenters. The zero-order valence-electron chi connectivity index (χ0n) is 20.0. The minimum absolute atomic E-state index is 0.102. The summed E-state index contributed by atoms with van der Waals surface area (Å²) in [5, 5.41) is 10.8. The Bertz CT molecular complexity index is 1140. The second-order valence-electron chi connectivity index (χ2n) is 10.3. The Morgan fingerprint density at radius 3 is 2.59 bits per heavy atom. The summed E-state index contributed by atoms with van der Waals surface area (Å²) in [5.74, 6) is 0.562. The molecule has 0 aliphatic heterocycles. The second-order valence-corrected chi connectivity index (χ2v) is 10.3. The van der Waals surface area contributed by atoms with Gasteiger partial charge in [-0.3, -0.25) is 9.89 Å². The number of carbonyl (C=O) groups excluding carboxylic acids is 2. The van der Waals surface area contributed by atoms with Crippen LogP contribution in [-0.4, -0.2) is 39.8 Å². The third-order valence-corrected chi connectivity index (χ3v) is 6.72. The van der Waals surface area contributed by atoms with Gasteiger partial charge < -0.3 is 15.8 Å². The first-order valence-electron chi connectivity index (χ1n) is 11.9. The molecule has 0 saturated heterocycles. The van der Waals surface area contributed by atoms with Crippen LogP contribution in [-0.2, 0) is 4.74 Å². The van der Waals surface area contributed by atoms with Crippen molar-refractivity contribution in [2.24, 2.45) is 23.0 Å². The van der Waals surface area contributed by atoms with E-state index in [2.05, 4.69) is 36.3 Å². The molecule has 1 aromatic carbocycles. The summed E-state index contributed by atoms with van der Waals surface area (Å²) < 4.78 is 5.48. The van der Waals surface area contributed by atoms with Gasteiger partial charge in [0.05, 0.1) is 23.0 Å². The molecule has 1 fully saturated rings. The number of carbonyl (C=O) groups is 2. The fraction of sp³-hybridized carbons (Fsp3) is 0.462. The Hall–Kier alpha value is -3.42. The van der Waals surface area contributed by atoms with Crippen molar-refractivity contribution in [2.45, 2.75) is 52.6 Å². The number of rotatable bonds is 6. The van der Waals surface area contributed by atoms with E-state index in [9.17, 15) is 9.59 Å². The lowest BCUT2D eigenvalue weighted by atomic mass is 9.72. The highest BCUT2D eigenvalue weighted by Gasteiger charge is 2.37. The number of nitrogens with one attached hydrogen (secondary N) is 2. The van der Waals surface area contributed by atoms with E-state index in [1.807, 2.05) is 30.3 Å².